The highest BCUT2D eigenvalue weighted by Gasteiger charge is 2.34. The Hall–Kier alpha value is -12.8. The number of hydrogen-bond acceptors (Lipinski definition) is 6. The van der Waals surface area contributed by atoms with Crippen LogP contribution in [0.1, 0.15) is 97.6 Å². The average Bonchev–Trinajstić information content (AvgIpc) is 1.51. The first-order valence-electron chi connectivity index (χ1n) is 43.8. The summed E-state index contributed by atoms with van der Waals surface area (Å²) in [5.41, 5.74) is 44.8. The van der Waals surface area contributed by atoms with Gasteiger partial charge in [-0.2, -0.15) is 0 Å². The van der Waals surface area contributed by atoms with E-state index in [1.165, 1.54) is 219 Å². The van der Waals surface area contributed by atoms with E-state index in [0.29, 0.717) is 0 Å². The van der Waals surface area contributed by atoms with E-state index in [2.05, 4.69) is 354 Å². The first kappa shape index (κ1) is 74.9. The second kappa shape index (κ2) is 31.6. The highest BCUT2D eigenvalue weighted by Crippen LogP contribution is 2.61. The minimum atomic E-state index is 0.121. The quantitative estimate of drug-likeness (QED) is 0.0307. The molecule has 0 aliphatic heterocycles. The average molecular weight is 1540 g/mol. The first-order chi connectivity index (χ1) is 58.6. The number of anilines is 4. The molecule has 0 spiro atoms. The summed E-state index contributed by atoms with van der Waals surface area (Å²) in [4.78, 5) is 0. The van der Waals surface area contributed by atoms with Crippen molar-refractivity contribution >= 4 is 120 Å². The fourth-order valence-corrected chi connectivity index (χ4v) is 19.9. The molecule has 0 saturated heterocycles. The van der Waals surface area contributed by atoms with Gasteiger partial charge >= 0.3 is 0 Å². The van der Waals surface area contributed by atoms with Crippen LogP contribution in [0.2, 0.25) is 0 Å². The van der Waals surface area contributed by atoms with Crippen LogP contribution in [0.3, 0.4) is 0 Å². The molecule has 19 aromatic carbocycles. The van der Waals surface area contributed by atoms with Crippen LogP contribution in [-0.2, 0) is 12.8 Å². The Kier molecular flexibility index (Phi) is 19.9. The molecule has 0 radical (unpaired) electrons. The van der Waals surface area contributed by atoms with Crippen LogP contribution in [-0.4, -0.2) is 38.3 Å². The highest BCUT2D eigenvalue weighted by molar-refractivity contribution is 6.47. The van der Waals surface area contributed by atoms with Gasteiger partial charge in [-0.1, -0.05) is 266 Å². The molecule has 6 nitrogen and oxygen atoms in total. The highest BCUT2D eigenvalue weighted by atomic mass is 14.9. The molecule has 2 unspecified atom stereocenters. The van der Waals surface area contributed by atoms with Gasteiger partial charge in [0.25, 0.3) is 0 Å². The fourth-order valence-electron chi connectivity index (χ4n) is 19.9. The van der Waals surface area contributed by atoms with Crippen LogP contribution in [0, 0.1) is 0 Å². The molecule has 1 aliphatic carbocycles. The summed E-state index contributed by atoms with van der Waals surface area (Å²) in [5, 5.41) is 37.5. The second-order valence-electron chi connectivity index (χ2n) is 33.4. The van der Waals surface area contributed by atoms with Crippen molar-refractivity contribution in [3.8, 4) is 111 Å². The van der Waals surface area contributed by atoms with Crippen LogP contribution in [0.15, 0.2) is 291 Å². The zero-order valence-electron chi connectivity index (χ0n) is 69.2. The van der Waals surface area contributed by atoms with Crippen molar-refractivity contribution in [1.29, 1.82) is 0 Å². The van der Waals surface area contributed by atoms with Crippen molar-refractivity contribution in [1.82, 2.24) is 0 Å². The van der Waals surface area contributed by atoms with Crippen LogP contribution in [0.25, 0.3) is 208 Å². The third kappa shape index (κ3) is 13.0. The van der Waals surface area contributed by atoms with E-state index in [1.54, 1.807) is 0 Å². The van der Waals surface area contributed by atoms with Gasteiger partial charge in [-0.15, -0.1) is 0 Å². The Morgan fingerprint density at radius 2 is 0.580 bits per heavy atom. The van der Waals surface area contributed by atoms with Gasteiger partial charge in [0.1, 0.15) is 0 Å². The third-order valence-electron chi connectivity index (χ3n) is 25.9. The molecule has 0 fully saturated rings. The predicted octanol–water partition coefficient (Wildman–Crippen LogP) is 30.2. The maximum atomic E-state index is 6.58. The van der Waals surface area contributed by atoms with Gasteiger partial charge in [0.05, 0.1) is 0 Å². The lowest BCUT2D eigenvalue weighted by molar-refractivity contribution is 0.596. The molecule has 19 aromatic rings. The summed E-state index contributed by atoms with van der Waals surface area (Å²) >= 11 is 0. The molecule has 6 heteroatoms. The van der Waals surface area contributed by atoms with E-state index in [1.807, 2.05) is 0 Å². The van der Waals surface area contributed by atoms with Gasteiger partial charge in [0, 0.05) is 61.0 Å². The smallest absolute Gasteiger partial charge is 0.0340 e. The number of benzene rings is 17. The maximum Gasteiger partial charge on any atom is 0.0340 e. The lowest BCUT2D eigenvalue weighted by atomic mass is 9.82. The van der Waals surface area contributed by atoms with E-state index >= 15 is 0 Å². The molecule has 584 valence electrons. The number of rotatable bonds is 27. The SMILES string of the molecule is CCCNc1ccc(-c2c3c(c(-c4ccc(NCCC)cc4)c4ccccc24)-c2ccc(-c4ccc5c6c(-c7ccc(NCCC)cc7)c7c8ccc(-c9cc(-c%10ccc(CC(N)CC)cc%10)cc%10cc(-c%11ccc(CCC(N)CC)cc%11)ccc9%10)c9cccc(c7c(-c7ccc(NCCC)cc7)c6c6cccc4c65)c98)c4cccc-3c24)cc1. The van der Waals surface area contributed by atoms with Crippen LogP contribution < -0.4 is 32.7 Å². The van der Waals surface area contributed by atoms with Gasteiger partial charge in [0.2, 0.25) is 0 Å². The largest absolute Gasteiger partial charge is 0.385 e. The molecule has 1 aliphatic rings. The van der Waals surface area contributed by atoms with Gasteiger partial charge in [-0.05, 0) is 344 Å². The minimum Gasteiger partial charge on any atom is -0.385 e. The summed E-state index contributed by atoms with van der Waals surface area (Å²) in [6, 6.07) is 113. The van der Waals surface area contributed by atoms with E-state index < -0.39 is 0 Å². The molecule has 8 N–H and O–H groups in total. The minimum absolute atomic E-state index is 0.121. The van der Waals surface area contributed by atoms with E-state index in [4.69, 9.17) is 11.5 Å². The maximum absolute atomic E-state index is 6.58. The lowest BCUT2D eigenvalue weighted by Gasteiger charge is -2.21. The molecule has 0 bridgehead atoms. The zero-order chi connectivity index (χ0) is 80.5. The molecule has 20 rings (SSSR count). The first-order valence-corrected chi connectivity index (χ1v) is 43.8. The molecule has 2 atom stereocenters. The van der Waals surface area contributed by atoms with E-state index in [-0.39, 0.29) is 12.1 Å². The van der Waals surface area contributed by atoms with Crippen molar-refractivity contribution in [3.05, 3.63) is 302 Å². The van der Waals surface area contributed by atoms with E-state index in [9.17, 15) is 0 Å². The van der Waals surface area contributed by atoms with E-state index in [0.717, 1.165) is 107 Å². The van der Waals surface area contributed by atoms with Crippen molar-refractivity contribution in [2.75, 3.05) is 47.4 Å². The van der Waals surface area contributed by atoms with Crippen LogP contribution >= 0.6 is 0 Å². The number of nitrogens with two attached hydrogens (primary N) is 2. The third-order valence-corrected chi connectivity index (χ3v) is 25.9. The monoisotopic (exact) mass is 1540 g/mol. The molecule has 0 aromatic heterocycles. The summed E-state index contributed by atoms with van der Waals surface area (Å²) in [6.07, 6.45) is 8.93. The number of hydrogen-bond donors (Lipinski definition) is 6. The normalized spacial score (nSPS) is 12.6. The van der Waals surface area contributed by atoms with Crippen molar-refractivity contribution in [3.63, 3.8) is 0 Å². The van der Waals surface area contributed by atoms with Gasteiger partial charge in [0.15, 0.2) is 0 Å². The summed E-state index contributed by atoms with van der Waals surface area (Å²) in [7, 11) is 0. The predicted molar refractivity (Wildman–Crippen MR) is 518 cm³/mol. The Labute approximate surface area is 699 Å². The fraction of sp³-hybridized carbons (Fsp3) is 0.186. The molecule has 0 saturated carbocycles. The van der Waals surface area contributed by atoms with Gasteiger partial charge < -0.3 is 32.7 Å². The summed E-state index contributed by atoms with van der Waals surface area (Å²) < 4.78 is 0. The van der Waals surface area contributed by atoms with Gasteiger partial charge in [-0.25, -0.2) is 0 Å². The van der Waals surface area contributed by atoms with Crippen LogP contribution in [0.5, 0.6) is 0 Å². The molecule has 119 heavy (non-hydrogen) atoms. The number of nitrogens with one attached hydrogen (secondary N) is 4. The standard InChI is InChI=1S/C113H102N6/c1-7-60-116-81-45-35-72(36-46-81)101-92-18-13-14-19-93(92)102(73-37-47-82(48-38-73)117-61-8-2)109-97-57-54-86(89-20-15-23-94(105(89)97)108(101)109)87-55-58-98-106-90(87)21-16-24-95(106)110-103(74-39-49-83(50-40-74)118-62-9-3)111-96-25-17-22-91-88(56-59-99(107(91)96)113(111)104(112(98)110)75-41-51-84(52-42-75)119-63-10-4)100-67-77(71-33-28-69(29-34-71)64-80(115)12-6)66-78-65-76(43-53-85(78)100)70-31-26-68(27-32-70)30-44-79(114)11-5/h13-29,31-43,45-59,65-67,79-80,116-119H,7-12,30,44,60-64,114-115H2,1-6H3. The number of fused-ring (bicyclic) bond motifs is 11. The Morgan fingerprint density at radius 3 is 1.04 bits per heavy atom. The van der Waals surface area contributed by atoms with Crippen molar-refractivity contribution < 1.29 is 0 Å². The zero-order valence-corrected chi connectivity index (χ0v) is 69.2. The summed E-state index contributed by atoms with van der Waals surface area (Å²) in [5.74, 6) is 0. The lowest BCUT2D eigenvalue weighted by Crippen LogP contribution is -2.21. The molecular weight excluding hydrogens is 1440 g/mol. The molecule has 0 amide bonds. The molecular formula is C113H102N6. The van der Waals surface area contributed by atoms with Crippen molar-refractivity contribution in [2.45, 2.75) is 111 Å². The second-order valence-corrected chi connectivity index (χ2v) is 33.4. The number of aryl methyl sites for hydroxylation is 1. The summed E-state index contributed by atoms with van der Waals surface area (Å²) in [6.45, 7) is 16.9. The topological polar surface area (TPSA) is 100 Å². The Bertz CT molecular complexity index is 6850. The Morgan fingerprint density at radius 1 is 0.235 bits per heavy atom. The van der Waals surface area contributed by atoms with Crippen molar-refractivity contribution in [2.24, 2.45) is 11.5 Å². The van der Waals surface area contributed by atoms with Gasteiger partial charge in [-0.3, -0.25) is 0 Å². The van der Waals surface area contributed by atoms with Crippen LogP contribution in [0.4, 0.5) is 22.7 Å². The molecule has 0 heterocycles. The Balaban J connectivity index is 0.825.